The van der Waals surface area contributed by atoms with Crippen LogP contribution in [0.5, 0.6) is 5.75 Å². The fourth-order valence-corrected chi connectivity index (χ4v) is 11.2. The maximum Gasteiger partial charge on any atom is 0.251 e. The van der Waals surface area contributed by atoms with Crippen LogP contribution in [0.15, 0.2) is 77.0 Å². The molecule has 2 fully saturated rings. The van der Waals surface area contributed by atoms with Crippen molar-refractivity contribution in [2.45, 2.75) is 144 Å². The Kier molecular flexibility index (Phi) is 19.3. The number of aliphatic hydroxyl groups excluding tert-OH is 1. The molecule has 2 saturated heterocycles. The molecular formula is C59H78N6O8S. The highest BCUT2D eigenvalue weighted by atomic mass is 32.1. The molecule has 1 unspecified atom stereocenters. The number of aromatic amines is 1. The average Bonchev–Trinajstić information content (AvgIpc) is 4.00. The van der Waals surface area contributed by atoms with Gasteiger partial charge in [-0.25, -0.2) is 4.98 Å². The molecule has 0 bridgehead atoms. The number of amides is 3. The fraction of sp³-hybridized carbons (Fsp3) is 0.508. The lowest BCUT2D eigenvalue weighted by molar-refractivity contribution is -0.144. The summed E-state index contributed by atoms with van der Waals surface area (Å²) in [6.45, 7) is 21.5. The second-order valence-corrected chi connectivity index (χ2v) is 22.2. The number of carbonyl (C=O) groups is 3. The number of unbranched alkanes of at least 4 members (excludes halogenated alkanes) is 1. The van der Waals surface area contributed by atoms with Crippen molar-refractivity contribution in [3.8, 4) is 27.3 Å². The van der Waals surface area contributed by atoms with Gasteiger partial charge in [0.1, 0.15) is 24.4 Å². The summed E-state index contributed by atoms with van der Waals surface area (Å²) in [5.74, 6) is -0.230. The molecule has 0 saturated carbocycles. The number of ether oxygens (including phenoxy) is 3. The van der Waals surface area contributed by atoms with E-state index in [9.17, 15) is 24.3 Å². The molecule has 2 aromatic heterocycles. The van der Waals surface area contributed by atoms with E-state index in [-0.39, 0.29) is 43.5 Å². The first-order valence-electron chi connectivity index (χ1n) is 26.5. The minimum atomic E-state index is -0.949. The zero-order valence-electron chi connectivity index (χ0n) is 45.0. The van der Waals surface area contributed by atoms with E-state index in [1.807, 2.05) is 83.5 Å². The molecule has 0 spiro atoms. The molecule has 0 radical (unpaired) electrons. The topological polar surface area (TPSA) is 175 Å². The molecule has 4 atom stereocenters. The van der Waals surface area contributed by atoms with Crippen molar-refractivity contribution < 1.29 is 33.7 Å². The number of β-amino-alcohol motifs (C(OH)–C–C–N with tert-alkyl or cyclic N) is 1. The molecule has 2 aliphatic heterocycles. The van der Waals surface area contributed by atoms with E-state index in [4.69, 9.17) is 14.2 Å². The van der Waals surface area contributed by atoms with Crippen molar-refractivity contribution >= 4 is 34.7 Å². The van der Waals surface area contributed by atoms with E-state index in [0.29, 0.717) is 38.5 Å². The maximum absolute atomic E-state index is 14.1. The van der Waals surface area contributed by atoms with Gasteiger partial charge in [-0.05, 0) is 148 Å². The summed E-state index contributed by atoms with van der Waals surface area (Å²) in [7, 11) is 0. The standard InChI is InChI=1S/C59H78N6O8S/c1-10-64(46-23-27-71-28-24-46)51-31-45(30-50(40(51)5)37(2)13-22-49-38(3)29-39(4)62-56(49)68)43-18-20-48(21-19-43)73-26-12-11-25-72-35-53(67)63-55(59(7,8)9)58(70)65-34-47(66)32-52(65)57(69)60-33-42-14-16-44(17-15-42)54-41(6)61-36-74-54/h14-21,29-31,36-37,46-47,52,55,66H,10-13,22-28,32-35H2,1-9H3,(H,60,69)(H,62,68)(H,63,67)/t37?,47-,52+,55-/m1/s1. The summed E-state index contributed by atoms with van der Waals surface area (Å²) >= 11 is 1.58. The second kappa shape index (κ2) is 25.6. The summed E-state index contributed by atoms with van der Waals surface area (Å²) in [6, 6.07) is 21.5. The van der Waals surface area contributed by atoms with Gasteiger partial charge in [0, 0.05) is 68.9 Å². The van der Waals surface area contributed by atoms with Crippen molar-refractivity contribution in [3.63, 3.8) is 0 Å². The first-order chi connectivity index (χ1) is 35.4. The Bertz CT molecular complexity index is 2740. The van der Waals surface area contributed by atoms with Gasteiger partial charge in [0.2, 0.25) is 17.7 Å². The van der Waals surface area contributed by atoms with Crippen LogP contribution in [-0.4, -0.2) is 108 Å². The number of carbonyl (C=O) groups excluding carboxylic acids is 3. The van der Waals surface area contributed by atoms with Crippen LogP contribution in [0, 0.1) is 33.1 Å². The fourth-order valence-electron chi connectivity index (χ4n) is 10.4. The number of nitrogens with one attached hydrogen (secondary N) is 3. The number of aryl methyl sites for hydroxylation is 3. The van der Waals surface area contributed by atoms with E-state index < -0.39 is 35.4 Å². The Morgan fingerprint density at radius 2 is 1.66 bits per heavy atom. The Morgan fingerprint density at radius 1 is 0.959 bits per heavy atom. The molecular weight excluding hydrogens is 953 g/mol. The number of benzene rings is 3. The molecule has 5 aromatic rings. The number of thiazole rings is 1. The van der Waals surface area contributed by atoms with Crippen LogP contribution in [0.4, 0.5) is 5.69 Å². The summed E-state index contributed by atoms with van der Waals surface area (Å²) in [5, 5.41) is 16.4. The number of hydrogen-bond donors (Lipinski definition) is 4. The van der Waals surface area contributed by atoms with Crippen LogP contribution < -0.4 is 25.8 Å². The summed E-state index contributed by atoms with van der Waals surface area (Å²) in [4.78, 5) is 66.1. The van der Waals surface area contributed by atoms with Gasteiger partial charge < -0.3 is 44.7 Å². The average molecular weight is 1030 g/mol. The first-order valence-corrected chi connectivity index (χ1v) is 27.3. The van der Waals surface area contributed by atoms with Crippen LogP contribution in [0.25, 0.3) is 21.6 Å². The van der Waals surface area contributed by atoms with Crippen molar-refractivity contribution in [2.75, 3.05) is 51.0 Å². The van der Waals surface area contributed by atoms with E-state index in [2.05, 4.69) is 76.6 Å². The van der Waals surface area contributed by atoms with Gasteiger partial charge in [-0.1, -0.05) is 70.2 Å². The van der Waals surface area contributed by atoms with Gasteiger partial charge in [-0.2, -0.15) is 0 Å². The second-order valence-electron chi connectivity index (χ2n) is 21.3. The highest BCUT2D eigenvalue weighted by Crippen LogP contribution is 2.38. The summed E-state index contributed by atoms with van der Waals surface area (Å²) in [6.07, 6.45) is 4.16. The monoisotopic (exact) mass is 1030 g/mol. The third kappa shape index (κ3) is 14.3. The molecule has 3 amide bonds. The Balaban J connectivity index is 0.887. The molecule has 398 valence electrons. The molecule has 74 heavy (non-hydrogen) atoms. The molecule has 7 rings (SSSR count). The van der Waals surface area contributed by atoms with Gasteiger partial charge in [-0.3, -0.25) is 19.2 Å². The van der Waals surface area contributed by atoms with E-state index in [1.165, 1.54) is 21.7 Å². The number of anilines is 1. The molecule has 14 nitrogen and oxygen atoms in total. The molecule has 4 N–H and O–H groups in total. The normalized spacial score (nSPS) is 17.0. The number of rotatable bonds is 22. The van der Waals surface area contributed by atoms with Crippen LogP contribution >= 0.6 is 11.3 Å². The lowest BCUT2D eigenvalue weighted by atomic mass is 9.85. The highest BCUT2D eigenvalue weighted by Gasteiger charge is 2.44. The Hall–Kier alpha value is -5.87. The summed E-state index contributed by atoms with van der Waals surface area (Å²) in [5.41, 5.74) is 12.9. The zero-order chi connectivity index (χ0) is 53.1. The van der Waals surface area contributed by atoms with Gasteiger partial charge in [0.15, 0.2) is 0 Å². The summed E-state index contributed by atoms with van der Waals surface area (Å²) < 4.78 is 17.6. The molecule has 4 heterocycles. The number of aliphatic hydroxyl groups is 1. The van der Waals surface area contributed by atoms with E-state index >= 15 is 0 Å². The van der Waals surface area contributed by atoms with Gasteiger partial charge in [0.05, 0.1) is 28.8 Å². The lowest BCUT2D eigenvalue weighted by Gasteiger charge is -2.37. The minimum Gasteiger partial charge on any atom is -0.494 e. The number of H-pyrrole nitrogens is 1. The number of pyridine rings is 1. The smallest absolute Gasteiger partial charge is 0.251 e. The molecule has 0 aliphatic carbocycles. The third-order valence-electron chi connectivity index (χ3n) is 14.6. The van der Waals surface area contributed by atoms with Crippen LogP contribution in [0.3, 0.4) is 0 Å². The van der Waals surface area contributed by atoms with Gasteiger partial charge >= 0.3 is 0 Å². The van der Waals surface area contributed by atoms with Gasteiger partial charge in [-0.15, -0.1) is 11.3 Å². The van der Waals surface area contributed by atoms with Gasteiger partial charge in [0.25, 0.3) is 5.56 Å². The van der Waals surface area contributed by atoms with Crippen LogP contribution in [-0.2, 0) is 36.8 Å². The van der Waals surface area contributed by atoms with Crippen molar-refractivity contribution in [2.24, 2.45) is 5.41 Å². The predicted octanol–water partition coefficient (Wildman–Crippen LogP) is 9.13. The quantitative estimate of drug-likeness (QED) is 0.0490. The lowest BCUT2D eigenvalue weighted by Crippen LogP contribution is -2.58. The molecule has 2 aliphatic rings. The molecule has 3 aromatic carbocycles. The number of aromatic nitrogens is 2. The SMILES string of the molecule is CCN(c1cc(-c2ccc(OCCCCOCC(=O)N[C@H](C(=O)N3C[C@H](O)C[C@H]3C(=O)NCc3ccc(-c4scnc4C)cc3)C(C)(C)C)cc2)cc(C(C)CCc2c(C)cc(C)[nH]c2=O)c1C)C1CCOCC1. The van der Waals surface area contributed by atoms with Crippen molar-refractivity contribution in [1.82, 2.24) is 25.5 Å². The highest BCUT2D eigenvalue weighted by molar-refractivity contribution is 7.13. The minimum absolute atomic E-state index is 0.00507. The largest absolute Gasteiger partial charge is 0.494 e. The van der Waals surface area contributed by atoms with E-state index in [1.54, 1.807) is 11.3 Å². The number of nitrogens with zero attached hydrogens (tertiary/aromatic N) is 3. The molecule has 15 heteroatoms. The third-order valence-corrected chi connectivity index (χ3v) is 15.6. The van der Waals surface area contributed by atoms with E-state index in [0.717, 1.165) is 94.4 Å². The number of likely N-dealkylation sites (tertiary alicyclic amines) is 1. The zero-order valence-corrected chi connectivity index (χ0v) is 45.8. The predicted molar refractivity (Wildman–Crippen MR) is 294 cm³/mol. The van der Waals surface area contributed by atoms with Crippen molar-refractivity contribution in [3.05, 3.63) is 122 Å². The Labute approximate surface area is 441 Å². The Morgan fingerprint density at radius 3 is 2.32 bits per heavy atom. The van der Waals surface area contributed by atoms with Crippen LogP contribution in [0.2, 0.25) is 0 Å². The van der Waals surface area contributed by atoms with Crippen LogP contribution in [0.1, 0.15) is 118 Å². The number of hydrogen-bond acceptors (Lipinski definition) is 11. The van der Waals surface area contributed by atoms with Crippen molar-refractivity contribution in [1.29, 1.82) is 0 Å². The first kappa shape index (κ1) is 55.9. The maximum atomic E-state index is 14.1.